The van der Waals surface area contributed by atoms with E-state index in [-0.39, 0.29) is 12.5 Å². The Kier molecular flexibility index (Phi) is 8.23. The van der Waals surface area contributed by atoms with Crippen LogP contribution in [0.2, 0.25) is 5.15 Å². The molecule has 0 aliphatic heterocycles. The normalized spacial score (nSPS) is 11.0. The second kappa shape index (κ2) is 10.9. The first kappa shape index (κ1) is 21.2. The molecule has 0 atom stereocenters. The molecule has 148 valence electrons. The van der Waals surface area contributed by atoms with Gasteiger partial charge in [0.1, 0.15) is 5.15 Å². The number of carbonyl (C=O) groups excluding carboxylic acids is 2. The van der Waals surface area contributed by atoms with Gasteiger partial charge in [-0.05, 0) is 35.7 Å². The maximum atomic E-state index is 11.9. The minimum absolute atomic E-state index is 0.184. The highest BCUT2D eigenvalue weighted by Gasteiger charge is 2.06. The van der Waals surface area contributed by atoms with E-state index in [4.69, 9.17) is 17.3 Å². The highest BCUT2D eigenvalue weighted by Crippen LogP contribution is 2.06. The van der Waals surface area contributed by atoms with Crippen LogP contribution in [0.25, 0.3) is 0 Å². The van der Waals surface area contributed by atoms with Crippen molar-refractivity contribution in [1.29, 1.82) is 0 Å². The lowest BCUT2D eigenvalue weighted by molar-refractivity contribution is -0.117. The van der Waals surface area contributed by atoms with E-state index in [0.29, 0.717) is 29.8 Å². The number of amides is 2. The molecule has 0 saturated heterocycles. The van der Waals surface area contributed by atoms with E-state index >= 15 is 0 Å². The molecule has 1 aromatic carbocycles. The van der Waals surface area contributed by atoms with Crippen molar-refractivity contribution in [1.82, 2.24) is 20.9 Å². The number of benzene rings is 1. The Hall–Kier alpha value is -3.13. The SMILES string of the molecule is CN=C(NCCc1ccc(Cl)nc1)NCc1ccc(C(=O)NCC(N)=O)cc1. The number of hydrogen-bond donors (Lipinski definition) is 4. The number of nitrogens with two attached hydrogens (primary N) is 1. The van der Waals surface area contributed by atoms with Gasteiger partial charge < -0.3 is 21.7 Å². The fourth-order valence-electron chi connectivity index (χ4n) is 2.33. The van der Waals surface area contributed by atoms with Crippen LogP contribution in [0, 0.1) is 0 Å². The molecule has 0 saturated carbocycles. The van der Waals surface area contributed by atoms with Crippen molar-refractivity contribution in [2.24, 2.45) is 10.7 Å². The molecule has 0 fully saturated rings. The minimum Gasteiger partial charge on any atom is -0.368 e. The van der Waals surface area contributed by atoms with Gasteiger partial charge in [-0.15, -0.1) is 0 Å². The van der Waals surface area contributed by atoms with Crippen LogP contribution in [0.4, 0.5) is 0 Å². The maximum Gasteiger partial charge on any atom is 0.251 e. The maximum absolute atomic E-state index is 11.9. The fraction of sp³-hybridized carbons (Fsp3) is 0.263. The summed E-state index contributed by atoms with van der Waals surface area (Å²) in [6.45, 7) is 1.06. The zero-order valence-corrected chi connectivity index (χ0v) is 16.3. The van der Waals surface area contributed by atoms with Crippen molar-refractivity contribution in [2.45, 2.75) is 13.0 Å². The molecule has 2 rings (SSSR count). The summed E-state index contributed by atoms with van der Waals surface area (Å²) in [5, 5.41) is 9.36. The Balaban J connectivity index is 1.77. The van der Waals surface area contributed by atoms with Gasteiger partial charge in [0.25, 0.3) is 5.91 Å². The van der Waals surface area contributed by atoms with Crippen LogP contribution in [0.1, 0.15) is 21.5 Å². The average molecular weight is 403 g/mol. The fourth-order valence-corrected chi connectivity index (χ4v) is 2.44. The molecule has 5 N–H and O–H groups in total. The van der Waals surface area contributed by atoms with Crippen LogP contribution in [-0.4, -0.2) is 42.9 Å². The number of guanidine groups is 1. The van der Waals surface area contributed by atoms with E-state index in [1.807, 2.05) is 18.2 Å². The summed E-state index contributed by atoms with van der Waals surface area (Å²) in [6, 6.07) is 10.8. The molecule has 0 unspecified atom stereocenters. The lowest BCUT2D eigenvalue weighted by Crippen LogP contribution is -2.37. The number of carbonyl (C=O) groups is 2. The zero-order valence-electron chi connectivity index (χ0n) is 15.5. The summed E-state index contributed by atoms with van der Waals surface area (Å²) in [5.74, 6) is -0.252. The number of primary amides is 1. The van der Waals surface area contributed by atoms with Crippen LogP contribution < -0.4 is 21.7 Å². The Morgan fingerprint density at radius 2 is 1.79 bits per heavy atom. The van der Waals surface area contributed by atoms with Gasteiger partial charge in [-0.3, -0.25) is 14.6 Å². The first-order valence-corrected chi connectivity index (χ1v) is 9.06. The number of hydrogen-bond acceptors (Lipinski definition) is 4. The van der Waals surface area contributed by atoms with Crippen LogP contribution in [-0.2, 0) is 17.8 Å². The Labute approximate surface area is 168 Å². The Morgan fingerprint density at radius 3 is 2.39 bits per heavy atom. The third-order valence-corrected chi connectivity index (χ3v) is 4.04. The van der Waals surface area contributed by atoms with Gasteiger partial charge in [-0.25, -0.2) is 4.98 Å². The number of aliphatic imine (C=N–C) groups is 1. The first-order chi connectivity index (χ1) is 13.5. The lowest BCUT2D eigenvalue weighted by atomic mass is 10.1. The van der Waals surface area contributed by atoms with Gasteiger partial charge >= 0.3 is 0 Å². The number of aromatic nitrogens is 1. The van der Waals surface area contributed by atoms with Gasteiger partial charge in [0, 0.05) is 31.9 Å². The molecule has 2 amide bonds. The molecule has 9 heteroatoms. The molecular weight excluding hydrogens is 380 g/mol. The quantitative estimate of drug-likeness (QED) is 0.296. The Bertz CT molecular complexity index is 821. The van der Waals surface area contributed by atoms with E-state index in [9.17, 15) is 9.59 Å². The standard InChI is InChI=1S/C19H23ClN6O2/c1-22-19(23-9-8-14-4-7-16(20)24-10-14)26-11-13-2-5-15(6-3-13)18(28)25-12-17(21)27/h2-7,10H,8-9,11-12H2,1H3,(H2,21,27)(H,25,28)(H2,22,23,26). The van der Waals surface area contributed by atoms with Crippen LogP contribution >= 0.6 is 11.6 Å². The molecule has 0 aliphatic carbocycles. The zero-order chi connectivity index (χ0) is 20.4. The van der Waals surface area contributed by atoms with Gasteiger partial charge in [0.05, 0.1) is 6.54 Å². The van der Waals surface area contributed by atoms with Crippen LogP contribution in [0.5, 0.6) is 0 Å². The van der Waals surface area contributed by atoms with Gasteiger partial charge in [-0.2, -0.15) is 0 Å². The van der Waals surface area contributed by atoms with Crippen LogP contribution in [0.3, 0.4) is 0 Å². The summed E-state index contributed by atoms with van der Waals surface area (Å²) in [5.41, 5.74) is 7.54. The molecule has 0 aliphatic rings. The number of halogens is 1. The number of nitrogens with zero attached hydrogens (tertiary/aromatic N) is 2. The molecule has 0 spiro atoms. The van der Waals surface area contributed by atoms with E-state index in [1.54, 1.807) is 31.4 Å². The van der Waals surface area contributed by atoms with E-state index < -0.39 is 5.91 Å². The first-order valence-electron chi connectivity index (χ1n) is 8.68. The predicted molar refractivity (Wildman–Crippen MR) is 109 cm³/mol. The van der Waals surface area contributed by atoms with E-state index in [0.717, 1.165) is 17.5 Å². The summed E-state index contributed by atoms with van der Waals surface area (Å²) in [6.07, 6.45) is 2.54. The highest BCUT2D eigenvalue weighted by atomic mass is 35.5. The third kappa shape index (κ3) is 7.24. The highest BCUT2D eigenvalue weighted by molar-refractivity contribution is 6.29. The smallest absolute Gasteiger partial charge is 0.251 e. The van der Waals surface area contributed by atoms with Gasteiger partial charge in [0.15, 0.2) is 5.96 Å². The van der Waals surface area contributed by atoms with Gasteiger partial charge in [0.2, 0.25) is 5.91 Å². The number of nitrogens with one attached hydrogen (secondary N) is 3. The minimum atomic E-state index is -0.583. The summed E-state index contributed by atoms with van der Waals surface area (Å²) in [7, 11) is 1.70. The van der Waals surface area contributed by atoms with Crippen molar-refractivity contribution in [3.05, 3.63) is 64.4 Å². The lowest BCUT2D eigenvalue weighted by Gasteiger charge is -2.12. The third-order valence-electron chi connectivity index (χ3n) is 3.82. The second-order valence-corrected chi connectivity index (χ2v) is 6.32. The van der Waals surface area contributed by atoms with E-state index in [1.165, 1.54) is 0 Å². The number of pyridine rings is 1. The molecular formula is C19H23ClN6O2. The summed E-state index contributed by atoms with van der Waals surface area (Å²) < 4.78 is 0. The van der Waals surface area contributed by atoms with Crippen molar-refractivity contribution < 1.29 is 9.59 Å². The molecule has 0 radical (unpaired) electrons. The average Bonchev–Trinajstić information content (AvgIpc) is 2.70. The topological polar surface area (TPSA) is 122 Å². The Morgan fingerprint density at radius 1 is 1.07 bits per heavy atom. The summed E-state index contributed by atoms with van der Waals surface area (Å²) >= 11 is 5.78. The van der Waals surface area contributed by atoms with Crippen molar-refractivity contribution >= 4 is 29.4 Å². The van der Waals surface area contributed by atoms with Crippen molar-refractivity contribution in [3.8, 4) is 0 Å². The molecule has 0 bridgehead atoms. The molecule has 2 aromatic rings. The van der Waals surface area contributed by atoms with Crippen molar-refractivity contribution in [2.75, 3.05) is 20.1 Å². The second-order valence-electron chi connectivity index (χ2n) is 5.94. The number of rotatable bonds is 8. The van der Waals surface area contributed by atoms with E-state index in [2.05, 4.69) is 25.9 Å². The molecule has 8 nitrogen and oxygen atoms in total. The molecule has 1 aromatic heterocycles. The monoisotopic (exact) mass is 402 g/mol. The van der Waals surface area contributed by atoms with Crippen molar-refractivity contribution in [3.63, 3.8) is 0 Å². The molecule has 1 heterocycles. The molecule has 28 heavy (non-hydrogen) atoms. The largest absolute Gasteiger partial charge is 0.368 e. The van der Waals surface area contributed by atoms with Gasteiger partial charge in [-0.1, -0.05) is 29.8 Å². The summed E-state index contributed by atoms with van der Waals surface area (Å²) in [4.78, 5) is 30.8. The predicted octanol–water partition coefficient (Wildman–Crippen LogP) is 0.858. The van der Waals surface area contributed by atoms with Crippen LogP contribution in [0.15, 0.2) is 47.6 Å².